The molecule has 2 aliphatic rings. The summed E-state index contributed by atoms with van der Waals surface area (Å²) in [7, 11) is 0. The molecule has 0 unspecified atom stereocenters. The number of hydrogen-bond donors (Lipinski definition) is 5. The van der Waals surface area contributed by atoms with Crippen molar-refractivity contribution in [1.82, 2.24) is 19.5 Å². The summed E-state index contributed by atoms with van der Waals surface area (Å²) in [6, 6.07) is 0. The van der Waals surface area contributed by atoms with E-state index < -0.39 is 31.1 Å². The Balaban J connectivity index is 1.86. The average molecular weight is 353 g/mol. The number of rotatable bonds is 3. The Kier molecular flexibility index (Phi) is 4.17. The van der Waals surface area contributed by atoms with E-state index in [1.807, 2.05) is 4.90 Å². The van der Waals surface area contributed by atoms with Gasteiger partial charge in [-0.25, -0.2) is 9.97 Å². The molecule has 4 atom stereocenters. The lowest BCUT2D eigenvalue weighted by Crippen LogP contribution is -2.89. The number of nitrogens with two attached hydrogens (primary N) is 1. The minimum Gasteiger partial charge on any atom is -0.394 e. The molecule has 4 rings (SSSR count). The molecule has 11 heteroatoms. The molecule has 0 saturated carbocycles. The van der Waals surface area contributed by atoms with Gasteiger partial charge in [-0.3, -0.25) is 9.36 Å². The lowest BCUT2D eigenvalue weighted by molar-refractivity contribution is -0.655. The van der Waals surface area contributed by atoms with Crippen LogP contribution in [0.25, 0.3) is 11.2 Å². The molecule has 0 aromatic carbocycles. The molecular formula is C14H21N6O5+. The largest absolute Gasteiger partial charge is 0.394 e. The van der Waals surface area contributed by atoms with Crippen LogP contribution in [0.4, 0.5) is 5.95 Å². The number of aromatic amines is 1. The molecule has 0 radical (unpaired) electrons. The summed E-state index contributed by atoms with van der Waals surface area (Å²) in [5.74, 6) is 0.460. The Morgan fingerprint density at radius 1 is 1.32 bits per heavy atom. The third-order valence-electron chi connectivity index (χ3n) is 4.73. The first kappa shape index (κ1) is 16.4. The number of nitrogens with zero attached hydrogens (tertiary/aromatic N) is 4. The molecule has 2 aliphatic heterocycles. The van der Waals surface area contributed by atoms with E-state index in [4.69, 9.17) is 4.74 Å². The minimum absolute atomic E-state index is 0.143. The minimum atomic E-state index is -1.27. The second kappa shape index (κ2) is 6.35. The Morgan fingerprint density at radius 3 is 2.76 bits per heavy atom. The quantitative estimate of drug-likeness (QED) is 0.375. The van der Waals surface area contributed by atoms with Gasteiger partial charge >= 0.3 is 0 Å². The van der Waals surface area contributed by atoms with E-state index in [2.05, 4.69) is 20.3 Å². The number of aliphatic hydroxyl groups excluding tert-OH is 3. The molecule has 6 N–H and O–H groups in total. The van der Waals surface area contributed by atoms with Gasteiger partial charge in [-0.05, 0) is 0 Å². The van der Waals surface area contributed by atoms with Crippen LogP contribution in [0.15, 0.2) is 11.1 Å². The van der Waals surface area contributed by atoms with Gasteiger partial charge < -0.3 is 35.3 Å². The van der Waals surface area contributed by atoms with Crippen LogP contribution in [0.3, 0.4) is 0 Å². The molecule has 2 fully saturated rings. The summed E-state index contributed by atoms with van der Waals surface area (Å²) in [6.07, 6.45) is -3.16. The standard InChI is InChI=1S/C14H20N6O5/c21-5-7-9(22)10(23)13(25-7)20-11-8(12(24)17-6-16-11)18-14(20)19-3-1-15-2-4-19/h6-7,9-10,13,15,21-23H,1-5H2,(H,16,17,24)/p+1/t7-,9+,10+,13+/m0/s1. The molecule has 0 aliphatic carbocycles. The van der Waals surface area contributed by atoms with Crippen LogP contribution in [0.1, 0.15) is 6.23 Å². The number of hydrogen-bond acceptors (Lipinski definition) is 8. The van der Waals surface area contributed by atoms with Gasteiger partial charge in [-0.15, -0.1) is 0 Å². The normalized spacial score (nSPS) is 30.3. The first-order valence-electron chi connectivity index (χ1n) is 8.26. The van der Waals surface area contributed by atoms with Crippen molar-refractivity contribution in [2.45, 2.75) is 24.5 Å². The number of aromatic nitrogens is 4. The van der Waals surface area contributed by atoms with E-state index in [-0.39, 0.29) is 16.7 Å². The zero-order valence-corrected chi connectivity index (χ0v) is 13.4. The van der Waals surface area contributed by atoms with Crippen molar-refractivity contribution >= 4 is 17.1 Å². The molecule has 0 spiro atoms. The van der Waals surface area contributed by atoms with Crippen LogP contribution in [0.5, 0.6) is 0 Å². The highest BCUT2D eigenvalue weighted by atomic mass is 16.6. The molecular weight excluding hydrogens is 332 g/mol. The zero-order chi connectivity index (χ0) is 17.6. The molecule has 0 bridgehead atoms. The van der Waals surface area contributed by atoms with Crippen molar-refractivity contribution in [3.05, 3.63) is 16.7 Å². The second-order valence-corrected chi connectivity index (χ2v) is 6.27. The third-order valence-corrected chi connectivity index (χ3v) is 4.73. The second-order valence-electron chi connectivity index (χ2n) is 6.27. The van der Waals surface area contributed by atoms with Crippen LogP contribution in [-0.2, 0) is 4.74 Å². The Bertz CT molecular complexity index is 816. The number of aliphatic hydroxyl groups is 3. The van der Waals surface area contributed by atoms with Crippen LogP contribution < -0.4 is 15.8 Å². The molecule has 4 heterocycles. The number of ether oxygens (including phenoxy) is 1. The highest BCUT2D eigenvalue weighted by Crippen LogP contribution is 2.34. The molecule has 136 valence electrons. The Morgan fingerprint density at radius 2 is 2.08 bits per heavy atom. The fourth-order valence-electron chi connectivity index (χ4n) is 3.41. The number of quaternary nitrogens is 1. The van der Waals surface area contributed by atoms with Gasteiger partial charge in [0.2, 0.25) is 5.95 Å². The monoisotopic (exact) mass is 353 g/mol. The van der Waals surface area contributed by atoms with Crippen LogP contribution in [0, 0.1) is 0 Å². The van der Waals surface area contributed by atoms with Crippen molar-refractivity contribution in [3.63, 3.8) is 0 Å². The predicted molar refractivity (Wildman–Crippen MR) is 85.0 cm³/mol. The Labute approximate surface area is 141 Å². The van der Waals surface area contributed by atoms with Gasteiger partial charge in [0.25, 0.3) is 5.56 Å². The van der Waals surface area contributed by atoms with Gasteiger partial charge in [0.05, 0.1) is 39.1 Å². The van der Waals surface area contributed by atoms with Crippen molar-refractivity contribution in [2.24, 2.45) is 0 Å². The number of nitrogens with one attached hydrogen (secondary N) is 1. The van der Waals surface area contributed by atoms with E-state index in [0.29, 0.717) is 5.95 Å². The summed E-state index contributed by atoms with van der Waals surface area (Å²) in [5, 5.41) is 32.0. The van der Waals surface area contributed by atoms with E-state index in [9.17, 15) is 20.1 Å². The highest BCUT2D eigenvalue weighted by molar-refractivity contribution is 5.73. The van der Waals surface area contributed by atoms with Gasteiger partial charge in [0, 0.05) is 0 Å². The summed E-state index contributed by atoms with van der Waals surface area (Å²) < 4.78 is 7.19. The smallest absolute Gasteiger partial charge is 0.278 e. The number of imidazole rings is 1. The zero-order valence-electron chi connectivity index (χ0n) is 13.4. The van der Waals surface area contributed by atoms with Gasteiger partial charge in [0.1, 0.15) is 18.3 Å². The fraction of sp³-hybridized carbons (Fsp3) is 0.643. The van der Waals surface area contributed by atoms with E-state index >= 15 is 0 Å². The number of fused-ring (bicyclic) bond motifs is 1. The maximum absolute atomic E-state index is 12.1. The first-order chi connectivity index (χ1) is 12.1. The molecule has 2 aromatic rings. The lowest BCUT2D eigenvalue weighted by Gasteiger charge is -2.29. The maximum atomic E-state index is 12.1. The van der Waals surface area contributed by atoms with E-state index in [0.717, 1.165) is 26.2 Å². The number of H-pyrrole nitrogens is 1. The summed E-state index contributed by atoms with van der Waals surface area (Å²) in [5.41, 5.74) is 0.0215. The third kappa shape index (κ3) is 2.60. The summed E-state index contributed by atoms with van der Waals surface area (Å²) >= 11 is 0. The van der Waals surface area contributed by atoms with Crippen LogP contribution in [-0.4, -0.2) is 85.9 Å². The molecule has 11 nitrogen and oxygen atoms in total. The number of anilines is 1. The van der Waals surface area contributed by atoms with Crippen molar-refractivity contribution in [3.8, 4) is 0 Å². The van der Waals surface area contributed by atoms with Crippen molar-refractivity contribution in [1.29, 1.82) is 0 Å². The topological polar surface area (TPSA) is 153 Å². The van der Waals surface area contributed by atoms with E-state index in [1.54, 1.807) is 4.57 Å². The van der Waals surface area contributed by atoms with Crippen LogP contribution in [0.2, 0.25) is 0 Å². The van der Waals surface area contributed by atoms with E-state index in [1.165, 1.54) is 6.33 Å². The Hall–Kier alpha value is -2.05. The summed E-state index contributed by atoms with van der Waals surface area (Å²) in [4.78, 5) is 25.2. The molecule has 25 heavy (non-hydrogen) atoms. The van der Waals surface area contributed by atoms with Gasteiger partial charge in [-0.1, -0.05) is 0 Å². The molecule has 2 saturated heterocycles. The average Bonchev–Trinajstić information content (AvgIpc) is 3.15. The predicted octanol–water partition coefficient (Wildman–Crippen LogP) is -3.89. The lowest BCUT2D eigenvalue weighted by atomic mass is 10.1. The fourth-order valence-corrected chi connectivity index (χ4v) is 3.41. The van der Waals surface area contributed by atoms with Crippen molar-refractivity contribution < 1.29 is 25.4 Å². The van der Waals surface area contributed by atoms with Crippen molar-refractivity contribution in [2.75, 3.05) is 37.7 Å². The molecule has 0 amide bonds. The van der Waals surface area contributed by atoms with Gasteiger partial charge in [-0.2, -0.15) is 0 Å². The maximum Gasteiger partial charge on any atom is 0.278 e. The molecule has 2 aromatic heterocycles. The van der Waals surface area contributed by atoms with Crippen LogP contribution >= 0.6 is 0 Å². The highest BCUT2D eigenvalue weighted by Gasteiger charge is 2.45. The summed E-state index contributed by atoms with van der Waals surface area (Å²) in [6.45, 7) is 2.77. The first-order valence-corrected chi connectivity index (χ1v) is 8.26. The number of piperazine rings is 1. The SMILES string of the molecule is O=c1[nH]cnc2c1nc(N1CC[NH2+]CC1)n2[C@@H]1O[C@@H](CO)[C@@H](O)[C@H]1O. The van der Waals surface area contributed by atoms with Gasteiger partial charge in [0.15, 0.2) is 17.4 Å².